The smallest absolute Gasteiger partial charge is 0.311 e. The van der Waals surface area contributed by atoms with Crippen LogP contribution in [0.25, 0.3) is 0 Å². The lowest BCUT2D eigenvalue weighted by atomic mass is 9.82. The van der Waals surface area contributed by atoms with Gasteiger partial charge in [-0.25, -0.2) is 0 Å². The van der Waals surface area contributed by atoms with Crippen LogP contribution in [0, 0.1) is 17.8 Å². The molecule has 0 spiro atoms. The Morgan fingerprint density at radius 2 is 1.29 bits per heavy atom. The van der Waals surface area contributed by atoms with Crippen molar-refractivity contribution >= 4 is 17.7 Å². The average molecular weight is 1170 g/mol. The predicted octanol–water partition coefficient (Wildman–Crippen LogP) is 0.748. The molecule has 23 atom stereocenters. The molecule has 23 nitrogen and oxygen atoms in total. The molecular formula is C60H87NO22. The molecule has 0 aromatic heterocycles. The quantitative estimate of drug-likeness (QED) is 0.152. The molecule has 2 bridgehead atoms. The molecule has 4 aliphatic heterocycles. The SMILES string of the molecule is C[C@@H]1[C@H](O)[C@@H](C)/C=C/C=C/C=C/C=C/C=C/C=C/C=C/[C@H](O[C@@H]2O[C@H](C)[C@@H](O)[C@H](NCC(=O)C(O)C3OC(c4ccccc4)OC[C@H]3O)[C@@H]2O)C[C@@H]2O[C@](O)(C[C@@H](O)C[C@@H](O)[C@H](O)CC[C@@H](O)C[C@@H](O)CC(=O)O[C@H]1C)C[C@H](O)[C@H]2C(=O)O. The average Bonchev–Trinajstić information content (AvgIpc) is 3.55. The molecule has 83 heavy (non-hydrogen) atoms. The number of cyclic esters (lactones) is 1. The summed E-state index contributed by atoms with van der Waals surface area (Å²) in [6.45, 7) is 5.75. The number of carboxylic acid groups (broad SMARTS) is 1. The number of rotatable bonds is 9. The predicted molar refractivity (Wildman–Crippen MR) is 298 cm³/mol. The number of benzene rings is 1. The fraction of sp³-hybridized carbons (Fsp3) is 0.617. The third-order valence-corrected chi connectivity index (χ3v) is 15.3. The normalized spacial score (nSPS) is 42.3. The number of allylic oxidation sites excluding steroid dienone is 12. The van der Waals surface area contributed by atoms with Gasteiger partial charge in [-0.3, -0.25) is 14.4 Å². The van der Waals surface area contributed by atoms with Gasteiger partial charge in [0.2, 0.25) is 0 Å². The maximum Gasteiger partial charge on any atom is 0.311 e. The summed E-state index contributed by atoms with van der Waals surface area (Å²) in [4.78, 5) is 38.9. The standard InChI is InChI=1S/C60H87NO22/c1-34-20-16-13-11-9-7-5-6-8-10-12-14-19-23-42(81-59-55(74)51(53(72)37(4)80-59)61-32-46(68)54(73)56-47(69)33-78-58(82-56)38-21-17-15-18-22-38)29-48-50(57(75)76)45(67)31-60(77,83-48)30-41(64)27-44(66)43(65)25-24-39(62)26-40(63)28-49(70)79-36(3)35(2)52(34)71/h5-23,34-37,39-45,47-48,50-56,58-59,61-67,69,71-74,77H,24-33H2,1-4H3,(H,75,76)/b6-5+,9-7+,10-8+,13-11+,14-12+,20-16+,23-19+/t34-,35-,36-,37+,39+,40+,41-,42-,43+,44+,45-,47+,48-,50+,51-,52+,53+,54?,55-,56?,58?,59-,60+/m0/s1. The van der Waals surface area contributed by atoms with Crippen molar-refractivity contribution in [3.05, 3.63) is 121 Å². The molecule has 464 valence electrons. The fourth-order valence-electron chi connectivity index (χ4n) is 10.3. The summed E-state index contributed by atoms with van der Waals surface area (Å²) in [6.07, 6.45) is -4.73. The topological polar surface area (TPSA) is 382 Å². The Hall–Kier alpha value is -4.71. The van der Waals surface area contributed by atoms with Crippen molar-refractivity contribution in [2.24, 2.45) is 17.8 Å². The largest absolute Gasteiger partial charge is 0.481 e. The zero-order valence-corrected chi connectivity index (χ0v) is 47.2. The molecular weight excluding hydrogens is 1090 g/mol. The van der Waals surface area contributed by atoms with E-state index in [1.54, 1.807) is 117 Å². The Balaban J connectivity index is 1.35. The minimum absolute atomic E-state index is 0.145. The number of carbonyl (C=O) groups is 3. The Bertz CT molecular complexity index is 2360. The highest BCUT2D eigenvalue weighted by Crippen LogP contribution is 2.38. The van der Waals surface area contributed by atoms with E-state index >= 15 is 0 Å². The van der Waals surface area contributed by atoms with E-state index in [9.17, 15) is 80.8 Å². The molecule has 3 saturated heterocycles. The van der Waals surface area contributed by atoms with Crippen molar-refractivity contribution in [1.29, 1.82) is 0 Å². The summed E-state index contributed by atoms with van der Waals surface area (Å²) in [5.74, 6) is -8.04. The van der Waals surface area contributed by atoms with E-state index in [0.29, 0.717) is 5.56 Å². The first-order chi connectivity index (χ1) is 39.4. The molecule has 3 unspecified atom stereocenters. The number of aliphatic carboxylic acids is 1. The summed E-state index contributed by atoms with van der Waals surface area (Å²) in [7, 11) is 0. The van der Waals surface area contributed by atoms with Gasteiger partial charge in [-0.15, -0.1) is 0 Å². The van der Waals surface area contributed by atoms with Gasteiger partial charge in [0.1, 0.15) is 36.4 Å². The van der Waals surface area contributed by atoms with Crippen molar-refractivity contribution in [1.82, 2.24) is 5.32 Å². The Kier molecular flexibility index (Phi) is 28.2. The third-order valence-electron chi connectivity index (χ3n) is 15.3. The summed E-state index contributed by atoms with van der Waals surface area (Å²) >= 11 is 0. The molecule has 4 heterocycles. The van der Waals surface area contributed by atoms with Crippen LogP contribution in [0.5, 0.6) is 0 Å². The third kappa shape index (κ3) is 21.6. The number of Topliss-reactive ketones (excluding diaryl/α,β-unsaturated/α-hetero) is 1. The van der Waals surface area contributed by atoms with Crippen molar-refractivity contribution in [2.75, 3.05) is 13.2 Å². The molecule has 23 heteroatoms. The molecule has 14 N–H and O–H groups in total. The van der Waals surface area contributed by atoms with Gasteiger partial charge in [0.15, 0.2) is 24.2 Å². The summed E-state index contributed by atoms with van der Waals surface area (Å²) in [6, 6.07) is 7.32. The van der Waals surface area contributed by atoms with E-state index in [-0.39, 0.29) is 31.8 Å². The number of aliphatic hydroxyl groups excluding tert-OH is 11. The number of hydrogen-bond donors (Lipinski definition) is 14. The van der Waals surface area contributed by atoms with Crippen molar-refractivity contribution in [2.45, 2.75) is 201 Å². The van der Waals surface area contributed by atoms with Crippen molar-refractivity contribution < 1.29 is 109 Å². The molecule has 0 aliphatic carbocycles. The molecule has 0 radical (unpaired) electrons. The summed E-state index contributed by atoms with van der Waals surface area (Å²) < 4.78 is 35.0. The van der Waals surface area contributed by atoms with Crippen LogP contribution < -0.4 is 5.32 Å². The van der Waals surface area contributed by atoms with Crippen LogP contribution in [0.2, 0.25) is 0 Å². The maximum atomic E-state index is 13.4. The number of hydrogen-bond acceptors (Lipinski definition) is 22. The van der Waals surface area contributed by atoms with Gasteiger partial charge in [0.25, 0.3) is 0 Å². The molecule has 4 aliphatic rings. The number of carboxylic acids is 1. The van der Waals surface area contributed by atoms with Gasteiger partial charge in [-0.1, -0.05) is 129 Å². The van der Waals surface area contributed by atoms with Gasteiger partial charge < -0.3 is 100 Å². The summed E-state index contributed by atoms with van der Waals surface area (Å²) in [5.41, 5.74) is 0.582. The van der Waals surface area contributed by atoms with Gasteiger partial charge in [-0.2, -0.15) is 0 Å². The molecule has 0 saturated carbocycles. The highest BCUT2D eigenvalue weighted by atomic mass is 16.7. The second-order valence-corrected chi connectivity index (χ2v) is 22.1. The van der Waals surface area contributed by atoms with Crippen LogP contribution in [-0.2, 0) is 42.8 Å². The van der Waals surface area contributed by atoms with Crippen LogP contribution in [0.4, 0.5) is 0 Å². The van der Waals surface area contributed by atoms with E-state index in [2.05, 4.69) is 5.32 Å². The van der Waals surface area contributed by atoms with Gasteiger partial charge in [0.05, 0.1) is 92.8 Å². The lowest BCUT2D eigenvalue weighted by molar-refractivity contribution is -0.309. The van der Waals surface area contributed by atoms with Crippen LogP contribution in [0.15, 0.2) is 115 Å². The minimum Gasteiger partial charge on any atom is -0.481 e. The zero-order valence-electron chi connectivity index (χ0n) is 47.2. The number of ketones is 1. The number of ether oxygens (including phenoxy) is 6. The number of nitrogens with one attached hydrogen (secondary N) is 1. The van der Waals surface area contributed by atoms with Crippen molar-refractivity contribution in [3.8, 4) is 0 Å². The van der Waals surface area contributed by atoms with Crippen LogP contribution in [0.1, 0.15) is 90.9 Å². The fourth-order valence-corrected chi connectivity index (χ4v) is 10.3. The molecule has 3 fully saturated rings. The Morgan fingerprint density at radius 1 is 0.675 bits per heavy atom. The maximum absolute atomic E-state index is 13.4. The second kappa shape index (κ2) is 33.8. The Labute approximate surface area is 483 Å². The van der Waals surface area contributed by atoms with Crippen LogP contribution in [-0.4, -0.2) is 213 Å². The lowest BCUT2D eigenvalue weighted by Crippen LogP contribution is -2.64. The van der Waals surface area contributed by atoms with Gasteiger partial charge >= 0.3 is 11.9 Å². The second-order valence-electron chi connectivity index (χ2n) is 22.1. The monoisotopic (exact) mass is 1170 g/mol. The van der Waals surface area contributed by atoms with Gasteiger partial charge in [0, 0.05) is 43.1 Å². The van der Waals surface area contributed by atoms with E-state index in [0.717, 1.165) is 0 Å². The van der Waals surface area contributed by atoms with Crippen molar-refractivity contribution in [3.63, 3.8) is 0 Å². The van der Waals surface area contributed by atoms with E-state index in [4.69, 9.17) is 28.4 Å². The molecule has 5 rings (SSSR count). The molecule has 1 aromatic carbocycles. The Morgan fingerprint density at radius 3 is 1.92 bits per heavy atom. The highest BCUT2D eigenvalue weighted by molar-refractivity contribution is 5.85. The zero-order chi connectivity index (χ0) is 61.0. The number of fused-ring (bicyclic) bond motifs is 2. The van der Waals surface area contributed by atoms with Crippen LogP contribution in [0.3, 0.4) is 0 Å². The number of aliphatic hydroxyl groups is 12. The van der Waals surface area contributed by atoms with E-state index < -0.39 is 190 Å². The first-order valence-corrected chi connectivity index (χ1v) is 28.3. The van der Waals surface area contributed by atoms with E-state index in [1.807, 2.05) is 6.92 Å². The minimum atomic E-state index is -2.42. The first-order valence-electron chi connectivity index (χ1n) is 28.3. The van der Waals surface area contributed by atoms with Gasteiger partial charge in [-0.05, 0) is 33.1 Å². The molecule has 1 aromatic rings. The lowest BCUT2D eigenvalue weighted by Gasteiger charge is -2.45. The molecule has 0 amide bonds. The highest BCUT2D eigenvalue weighted by Gasteiger charge is 2.51. The van der Waals surface area contributed by atoms with E-state index in [1.165, 1.54) is 19.1 Å². The number of carbonyl (C=O) groups excluding carboxylic acids is 2. The summed E-state index contributed by atoms with van der Waals surface area (Å²) in [5, 5.41) is 146. The first kappa shape index (κ1) is 69.1. The number of esters is 1. The van der Waals surface area contributed by atoms with Crippen LogP contribution >= 0.6 is 0 Å².